The quantitative estimate of drug-likeness (QED) is 0.162. The molecule has 0 saturated heterocycles. The number of anilines is 3. The van der Waals surface area contributed by atoms with Gasteiger partial charge in [-0.25, -0.2) is 0 Å². The predicted octanol–water partition coefficient (Wildman–Crippen LogP) is 16.0. The molecule has 0 atom stereocenters. The van der Waals surface area contributed by atoms with Crippen molar-refractivity contribution in [3.05, 3.63) is 224 Å². The molecule has 11 aromatic rings. The van der Waals surface area contributed by atoms with Gasteiger partial charge in [0.05, 0.1) is 0 Å². The summed E-state index contributed by atoms with van der Waals surface area (Å²) < 4.78 is 6.42. The van der Waals surface area contributed by atoms with Gasteiger partial charge in [-0.2, -0.15) is 0 Å². The summed E-state index contributed by atoms with van der Waals surface area (Å²) in [5, 5.41) is 7.26. The first-order chi connectivity index (χ1) is 28.7. The maximum Gasteiger partial charge on any atom is 0.137 e. The highest BCUT2D eigenvalue weighted by Gasteiger charge is 2.17. The minimum atomic E-state index is 0.865. The predicted molar refractivity (Wildman–Crippen MR) is 245 cm³/mol. The van der Waals surface area contributed by atoms with Crippen LogP contribution < -0.4 is 4.90 Å². The lowest BCUT2D eigenvalue weighted by Crippen LogP contribution is -2.10. The van der Waals surface area contributed by atoms with Gasteiger partial charge in [0.15, 0.2) is 0 Å². The molecule has 2 heteroatoms. The standard InChI is InChI=1S/C56H37NO/c1-3-19-49-40(11-1)13-9-22-51(49)42-29-25-38(26-30-42)44-15-7-17-46(35-44)57(48-33-34-54-53-21-5-6-24-55(53)58-56(54)37-48)47-18-8-16-45(36-47)39-27-31-43(32-28-39)52-23-10-14-41-12-2-4-20-50(41)52/h1-37H. The summed E-state index contributed by atoms with van der Waals surface area (Å²) in [6.45, 7) is 0. The van der Waals surface area contributed by atoms with Gasteiger partial charge in [-0.3, -0.25) is 0 Å². The molecule has 58 heavy (non-hydrogen) atoms. The number of fused-ring (bicyclic) bond motifs is 5. The second kappa shape index (κ2) is 14.1. The Morgan fingerprint density at radius 1 is 0.259 bits per heavy atom. The minimum Gasteiger partial charge on any atom is -0.456 e. The van der Waals surface area contributed by atoms with E-state index in [1.54, 1.807) is 0 Å². The lowest BCUT2D eigenvalue weighted by molar-refractivity contribution is 0.669. The van der Waals surface area contributed by atoms with Crippen molar-refractivity contribution in [2.75, 3.05) is 4.90 Å². The van der Waals surface area contributed by atoms with E-state index < -0.39 is 0 Å². The van der Waals surface area contributed by atoms with Gasteiger partial charge < -0.3 is 9.32 Å². The van der Waals surface area contributed by atoms with E-state index in [-0.39, 0.29) is 0 Å². The zero-order valence-electron chi connectivity index (χ0n) is 31.7. The molecule has 0 saturated carbocycles. The third-order valence-corrected chi connectivity index (χ3v) is 11.5. The maximum absolute atomic E-state index is 6.42. The van der Waals surface area contributed by atoms with Gasteiger partial charge in [0.1, 0.15) is 11.2 Å². The number of hydrogen-bond donors (Lipinski definition) is 0. The van der Waals surface area contributed by atoms with Crippen molar-refractivity contribution in [3.8, 4) is 44.5 Å². The molecular formula is C56H37NO. The van der Waals surface area contributed by atoms with E-state index in [1.807, 2.05) is 12.1 Å². The second-order valence-electron chi connectivity index (χ2n) is 14.9. The summed E-state index contributed by atoms with van der Waals surface area (Å²) >= 11 is 0. The van der Waals surface area contributed by atoms with E-state index >= 15 is 0 Å². The monoisotopic (exact) mass is 739 g/mol. The number of nitrogens with zero attached hydrogens (tertiary/aromatic N) is 1. The van der Waals surface area contributed by atoms with Gasteiger partial charge in [-0.15, -0.1) is 0 Å². The lowest BCUT2D eigenvalue weighted by atomic mass is 9.96. The van der Waals surface area contributed by atoms with Crippen molar-refractivity contribution < 1.29 is 4.42 Å². The molecule has 272 valence electrons. The summed E-state index contributed by atoms with van der Waals surface area (Å²) in [6.07, 6.45) is 0. The Bertz CT molecular complexity index is 3110. The van der Waals surface area contributed by atoms with Crippen LogP contribution in [-0.2, 0) is 0 Å². The molecule has 11 rings (SSSR count). The number of hydrogen-bond acceptors (Lipinski definition) is 2. The molecule has 2 nitrogen and oxygen atoms in total. The third-order valence-electron chi connectivity index (χ3n) is 11.5. The molecule has 0 radical (unpaired) electrons. The van der Waals surface area contributed by atoms with Crippen molar-refractivity contribution in [2.45, 2.75) is 0 Å². The van der Waals surface area contributed by atoms with Crippen molar-refractivity contribution in [2.24, 2.45) is 0 Å². The van der Waals surface area contributed by atoms with Gasteiger partial charge in [-0.05, 0) is 109 Å². The lowest BCUT2D eigenvalue weighted by Gasteiger charge is -2.26. The summed E-state index contributed by atoms with van der Waals surface area (Å²) in [5.41, 5.74) is 14.4. The maximum atomic E-state index is 6.42. The number of rotatable bonds is 7. The first kappa shape index (κ1) is 33.6. The highest BCUT2D eigenvalue weighted by molar-refractivity contribution is 6.06. The van der Waals surface area contributed by atoms with Gasteiger partial charge in [-0.1, -0.05) is 176 Å². The van der Waals surface area contributed by atoms with E-state index in [2.05, 4.69) is 217 Å². The first-order valence-corrected chi connectivity index (χ1v) is 19.8. The van der Waals surface area contributed by atoms with Crippen LogP contribution in [0.4, 0.5) is 17.1 Å². The number of para-hydroxylation sites is 1. The van der Waals surface area contributed by atoms with E-state index in [1.165, 1.54) is 54.9 Å². The molecule has 0 aliphatic carbocycles. The third kappa shape index (κ3) is 6.00. The Kier molecular flexibility index (Phi) is 8.19. The first-order valence-electron chi connectivity index (χ1n) is 19.8. The fraction of sp³-hybridized carbons (Fsp3) is 0. The van der Waals surface area contributed by atoms with Crippen LogP contribution in [0.3, 0.4) is 0 Å². The highest BCUT2D eigenvalue weighted by atomic mass is 16.3. The Balaban J connectivity index is 0.989. The van der Waals surface area contributed by atoms with Gasteiger partial charge >= 0.3 is 0 Å². The van der Waals surface area contributed by atoms with Crippen molar-refractivity contribution in [1.82, 2.24) is 0 Å². The van der Waals surface area contributed by atoms with Crippen LogP contribution in [0.5, 0.6) is 0 Å². The van der Waals surface area contributed by atoms with Crippen molar-refractivity contribution >= 4 is 60.5 Å². The van der Waals surface area contributed by atoms with Crippen LogP contribution in [-0.4, -0.2) is 0 Å². The average Bonchev–Trinajstić information content (AvgIpc) is 3.67. The molecule has 0 aliphatic rings. The minimum absolute atomic E-state index is 0.865. The molecular weight excluding hydrogens is 703 g/mol. The van der Waals surface area contributed by atoms with E-state index in [0.29, 0.717) is 0 Å². The van der Waals surface area contributed by atoms with Crippen LogP contribution >= 0.6 is 0 Å². The van der Waals surface area contributed by atoms with Crippen LogP contribution in [0.25, 0.3) is 88.0 Å². The molecule has 0 aliphatic heterocycles. The molecule has 0 N–H and O–H groups in total. The van der Waals surface area contributed by atoms with Gasteiger partial charge in [0.25, 0.3) is 0 Å². The van der Waals surface area contributed by atoms with Crippen LogP contribution in [0.15, 0.2) is 229 Å². The zero-order chi connectivity index (χ0) is 38.4. The van der Waals surface area contributed by atoms with Crippen molar-refractivity contribution in [3.63, 3.8) is 0 Å². The van der Waals surface area contributed by atoms with Crippen LogP contribution in [0.1, 0.15) is 0 Å². The molecule has 0 bridgehead atoms. The summed E-state index contributed by atoms with van der Waals surface area (Å²) in [7, 11) is 0. The molecule has 0 fully saturated rings. The van der Waals surface area contributed by atoms with E-state index in [0.717, 1.165) is 50.1 Å². The van der Waals surface area contributed by atoms with Crippen molar-refractivity contribution in [1.29, 1.82) is 0 Å². The van der Waals surface area contributed by atoms with Crippen LogP contribution in [0.2, 0.25) is 0 Å². The molecule has 0 amide bonds. The van der Waals surface area contributed by atoms with Gasteiger partial charge in [0, 0.05) is 33.9 Å². The fourth-order valence-corrected chi connectivity index (χ4v) is 8.59. The highest BCUT2D eigenvalue weighted by Crippen LogP contribution is 2.41. The molecule has 1 heterocycles. The number of furan rings is 1. The molecule has 10 aromatic carbocycles. The molecule has 0 unspecified atom stereocenters. The topological polar surface area (TPSA) is 16.4 Å². The largest absolute Gasteiger partial charge is 0.456 e. The van der Waals surface area contributed by atoms with Crippen LogP contribution in [0, 0.1) is 0 Å². The molecule has 1 aromatic heterocycles. The smallest absolute Gasteiger partial charge is 0.137 e. The van der Waals surface area contributed by atoms with E-state index in [4.69, 9.17) is 4.42 Å². The Hall–Kier alpha value is -7.68. The Morgan fingerprint density at radius 2 is 0.690 bits per heavy atom. The Labute approximate surface area is 337 Å². The molecule has 0 spiro atoms. The average molecular weight is 740 g/mol. The van der Waals surface area contributed by atoms with E-state index in [9.17, 15) is 0 Å². The van der Waals surface area contributed by atoms with Gasteiger partial charge in [0.2, 0.25) is 0 Å². The summed E-state index contributed by atoms with van der Waals surface area (Å²) in [4.78, 5) is 2.34. The summed E-state index contributed by atoms with van der Waals surface area (Å²) in [5.74, 6) is 0. The second-order valence-corrected chi connectivity index (χ2v) is 14.9. The summed E-state index contributed by atoms with van der Waals surface area (Å²) in [6, 6.07) is 80.7. The zero-order valence-corrected chi connectivity index (χ0v) is 31.7. The SMILES string of the molecule is c1cc(-c2ccc(-c3cccc4ccccc34)cc2)cc(N(c2cccc(-c3ccc(-c4cccc5ccccc45)cc3)c2)c2ccc3c(c2)oc2ccccc23)c1. The fourth-order valence-electron chi connectivity index (χ4n) is 8.59. The number of benzene rings is 10. The Morgan fingerprint density at radius 3 is 1.26 bits per heavy atom. The normalized spacial score (nSPS) is 11.4.